The van der Waals surface area contributed by atoms with E-state index in [2.05, 4.69) is 17.0 Å². The van der Waals surface area contributed by atoms with Gasteiger partial charge >= 0.3 is 0 Å². The molecule has 4 rings (SSSR count). The van der Waals surface area contributed by atoms with Gasteiger partial charge < -0.3 is 14.5 Å². The van der Waals surface area contributed by atoms with Crippen molar-refractivity contribution in [3.63, 3.8) is 0 Å². The highest BCUT2D eigenvalue weighted by Gasteiger charge is 2.26. The summed E-state index contributed by atoms with van der Waals surface area (Å²) in [5.74, 6) is -0.0637. The molecule has 2 aliphatic heterocycles. The second-order valence-corrected chi connectivity index (χ2v) is 7.58. The SMILES string of the molecule is O=C(CCC(=O)N1CCc2cc(N3CCOCC3)ccc21)c1cccc(Cl)c1. The Morgan fingerprint density at radius 2 is 1.82 bits per heavy atom. The molecule has 0 atom stereocenters. The monoisotopic (exact) mass is 398 g/mol. The van der Waals surface area contributed by atoms with Gasteiger partial charge in [-0.15, -0.1) is 0 Å². The van der Waals surface area contributed by atoms with Crippen LogP contribution in [0.25, 0.3) is 0 Å². The van der Waals surface area contributed by atoms with Crippen LogP contribution in [0, 0.1) is 0 Å². The van der Waals surface area contributed by atoms with E-state index in [1.165, 1.54) is 11.3 Å². The molecule has 0 aliphatic carbocycles. The number of rotatable bonds is 5. The minimum Gasteiger partial charge on any atom is -0.378 e. The van der Waals surface area contributed by atoms with E-state index >= 15 is 0 Å². The van der Waals surface area contributed by atoms with Crippen LogP contribution in [-0.2, 0) is 16.0 Å². The molecule has 2 aliphatic rings. The molecular formula is C22H23ClN2O3. The van der Waals surface area contributed by atoms with Crippen LogP contribution in [-0.4, -0.2) is 44.5 Å². The van der Waals surface area contributed by atoms with Gasteiger partial charge in [-0.1, -0.05) is 23.7 Å². The van der Waals surface area contributed by atoms with Crippen molar-refractivity contribution in [2.24, 2.45) is 0 Å². The van der Waals surface area contributed by atoms with E-state index in [4.69, 9.17) is 16.3 Å². The molecule has 2 heterocycles. The second-order valence-electron chi connectivity index (χ2n) is 7.14. The lowest BCUT2D eigenvalue weighted by atomic mass is 10.1. The number of ether oxygens (including phenoxy) is 1. The topological polar surface area (TPSA) is 49.9 Å². The van der Waals surface area contributed by atoms with Crippen LogP contribution in [0.4, 0.5) is 11.4 Å². The lowest BCUT2D eigenvalue weighted by molar-refractivity contribution is -0.118. The average Bonchev–Trinajstić information content (AvgIpc) is 3.16. The van der Waals surface area contributed by atoms with Crippen molar-refractivity contribution >= 4 is 34.7 Å². The summed E-state index contributed by atoms with van der Waals surface area (Å²) in [7, 11) is 0. The molecule has 2 aromatic rings. The molecule has 1 saturated heterocycles. The zero-order valence-electron chi connectivity index (χ0n) is 15.7. The van der Waals surface area contributed by atoms with Crippen molar-refractivity contribution in [3.05, 3.63) is 58.6 Å². The number of benzene rings is 2. The number of halogens is 1. The van der Waals surface area contributed by atoms with Crippen molar-refractivity contribution in [1.29, 1.82) is 0 Å². The normalized spacial score (nSPS) is 16.2. The maximum Gasteiger partial charge on any atom is 0.227 e. The van der Waals surface area contributed by atoms with Crippen LogP contribution < -0.4 is 9.80 Å². The number of hydrogen-bond donors (Lipinski definition) is 0. The third-order valence-electron chi connectivity index (χ3n) is 5.35. The van der Waals surface area contributed by atoms with Crippen LogP contribution in [0.2, 0.25) is 5.02 Å². The molecule has 0 saturated carbocycles. The fourth-order valence-electron chi connectivity index (χ4n) is 3.83. The van der Waals surface area contributed by atoms with E-state index in [1.807, 2.05) is 11.0 Å². The minimum absolute atomic E-state index is 0.00625. The second kappa shape index (κ2) is 8.33. The molecular weight excluding hydrogens is 376 g/mol. The number of carbonyl (C=O) groups is 2. The molecule has 0 N–H and O–H groups in total. The Hall–Kier alpha value is -2.37. The summed E-state index contributed by atoms with van der Waals surface area (Å²) in [6, 6.07) is 13.2. The number of amides is 1. The number of morpholine rings is 1. The minimum atomic E-state index is -0.0575. The number of fused-ring (bicyclic) bond motifs is 1. The van der Waals surface area contributed by atoms with Crippen molar-refractivity contribution in [1.82, 2.24) is 0 Å². The van der Waals surface area contributed by atoms with Crippen molar-refractivity contribution in [3.8, 4) is 0 Å². The Labute approximate surface area is 169 Å². The number of Topliss-reactive ketones (excluding diaryl/α,β-unsaturated/α-hetero) is 1. The van der Waals surface area contributed by atoms with E-state index in [1.54, 1.807) is 24.3 Å². The molecule has 0 unspecified atom stereocenters. The summed E-state index contributed by atoms with van der Waals surface area (Å²) in [5, 5.41) is 0.529. The number of hydrogen-bond acceptors (Lipinski definition) is 4. The number of anilines is 2. The molecule has 0 aromatic heterocycles. The van der Waals surface area contributed by atoms with Gasteiger partial charge in [-0.05, 0) is 42.3 Å². The van der Waals surface area contributed by atoms with Crippen LogP contribution in [0.5, 0.6) is 0 Å². The Balaban J connectivity index is 1.39. The summed E-state index contributed by atoms with van der Waals surface area (Å²) in [6.07, 6.45) is 1.24. The Morgan fingerprint density at radius 3 is 2.61 bits per heavy atom. The molecule has 1 fully saturated rings. The van der Waals surface area contributed by atoms with Gasteiger partial charge in [0.05, 0.1) is 13.2 Å². The van der Waals surface area contributed by atoms with E-state index in [0.717, 1.165) is 38.4 Å². The third kappa shape index (κ3) is 4.05. The molecule has 1 amide bonds. The predicted molar refractivity (Wildman–Crippen MR) is 111 cm³/mol. The maximum absolute atomic E-state index is 12.7. The summed E-state index contributed by atoms with van der Waals surface area (Å²) in [6.45, 7) is 3.97. The van der Waals surface area contributed by atoms with E-state index < -0.39 is 0 Å². The molecule has 6 heteroatoms. The summed E-state index contributed by atoms with van der Waals surface area (Å²) >= 11 is 5.94. The average molecular weight is 399 g/mol. The zero-order valence-corrected chi connectivity index (χ0v) is 16.5. The summed E-state index contributed by atoms with van der Waals surface area (Å²) < 4.78 is 5.42. The highest BCUT2D eigenvalue weighted by Crippen LogP contribution is 2.32. The van der Waals surface area contributed by atoms with Crippen LogP contribution in [0.15, 0.2) is 42.5 Å². The fraction of sp³-hybridized carbons (Fsp3) is 0.364. The van der Waals surface area contributed by atoms with Gasteiger partial charge in [0.15, 0.2) is 5.78 Å². The van der Waals surface area contributed by atoms with Crippen molar-refractivity contribution in [2.45, 2.75) is 19.3 Å². The fourth-order valence-corrected chi connectivity index (χ4v) is 4.02. The molecule has 0 spiro atoms. The Morgan fingerprint density at radius 1 is 1.00 bits per heavy atom. The number of carbonyl (C=O) groups excluding carboxylic acids is 2. The first-order valence-electron chi connectivity index (χ1n) is 9.66. The summed E-state index contributed by atoms with van der Waals surface area (Å²) in [4.78, 5) is 29.2. The van der Waals surface area contributed by atoms with Crippen LogP contribution >= 0.6 is 11.6 Å². The maximum atomic E-state index is 12.7. The quantitative estimate of drug-likeness (QED) is 0.720. The first kappa shape index (κ1) is 19.0. The van der Waals surface area contributed by atoms with Gasteiger partial charge in [0.25, 0.3) is 0 Å². The smallest absolute Gasteiger partial charge is 0.227 e. The number of ketones is 1. The molecule has 5 nitrogen and oxygen atoms in total. The molecule has 146 valence electrons. The standard InChI is InChI=1S/C22H23ClN2O3/c23-18-3-1-2-17(14-18)21(26)6-7-22(27)25-9-8-16-15-19(4-5-20(16)25)24-10-12-28-13-11-24/h1-5,14-15H,6-13H2. The summed E-state index contributed by atoms with van der Waals surface area (Å²) in [5.41, 5.74) is 3.90. The van der Waals surface area contributed by atoms with E-state index in [0.29, 0.717) is 17.1 Å². The van der Waals surface area contributed by atoms with E-state index in [-0.39, 0.29) is 24.5 Å². The van der Waals surface area contributed by atoms with Crippen molar-refractivity contribution < 1.29 is 14.3 Å². The molecule has 28 heavy (non-hydrogen) atoms. The van der Waals surface area contributed by atoms with Crippen LogP contribution in [0.3, 0.4) is 0 Å². The van der Waals surface area contributed by atoms with Gasteiger partial charge in [-0.3, -0.25) is 9.59 Å². The Bertz CT molecular complexity index is 893. The zero-order chi connectivity index (χ0) is 19.5. The first-order valence-corrected chi connectivity index (χ1v) is 10.0. The highest BCUT2D eigenvalue weighted by molar-refractivity contribution is 6.31. The molecule has 0 bridgehead atoms. The first-order chi connectivity index (χ1) is 13.6. The van der Waals surface area contributed by atoms with Gasteiger partial charge in [0, 0.05) is 54.4 Å². The lowest BCUT2D eigenvalue weighted by Gasteiger charge is -2.29. The van der Waals surface area contributed by atoms with Gasteiger partial charge in [0.1, 0.15) is 0 Å². The highest BCUT2D eigenvalue weighted by atomic mass is 35.5. The molecule has 2 aromatic carbocycles. The number of nitrogens with zero attached hydrogens (tertiary/aromatic N) is 2. The molecule has 0 radical (unpaired) electrons. The van der Waals surface area contributed by atoms with Crippen molar-refractivity contribution in [2.75, 3.05) is 42.6 Å². The lowest BCUT2D eigenvalue weighted by Crippen LogP contribution is -2.36. The van der Waals surface area contributed by atoms with E-state index in [9.17, 15) is 9.59 Å². The van der Waals surface area contributed by atoms with Gasteiger partial charge in [0.2, 0.25) is 5.91 Å². The third-order valence-corrected chi connectivity index (χ3v) is 5.58. The van der Waals surface area contributed by atoms with Gasteiger partial charge in [-0.25, -0.2) is 0 Å². The Kier molecular flexibility index (Phi) is 5.64. The largest absolute Gasteiger partial charge is 0.378 e. The van der Waals surface area contributed by atoms with Crippen LogP contribution in [0.1, 0.15) is 28.8 Å². The predicted octanol–water partition coefficient (Wildman–Crippen LogP) is 3.73. The van der Waals surface area contributed by atoms with Gasteiger partial charge in [-0.2, -0.15) is 0 Å².